The number of carbonyl (C=O) groups excluding carboxylic acids is 4. The summed E-state index contributed by atoms with van der Waals surface area (Å²) in [7, 11) is 1.29. The average Bonchev–Trinajstić information content (AvgIpc) is 3.87. The summed E-state index contributed by atoms with van der Waals surface area (Å²) >= 11 is 0. The lowest BCUT2D eigenvalue weighted by molar-refractivity contribution is -0.135. The molecule has 4 aromatic rings. The first-order valence-corrected chi connectivity index (χ1v) is 18.8. The van der Waals surface area contributed by atoms with Crippen LogP contribution >= 0.6 is 0 Å². The van der Waals surface area contributed by atoms with Gasteiger partial charge in [-0.15, -0.1) is 0 Å². The number of ether oxygens (including phenoxy) is 2. The predicted molar refractivity (Wildman–Crippen MR) is 212 cm³/mol. The predicted octanol–water partition coefficient (Wildman–Crippen LogP) is 7.10. The summed E-state index contributed by atoms with van der Waals surface area (Å²) in [5.41, 5.74) is 5.54. The van der Waals surface area contributed by atoms with Gasteiger partial charge < -0.3 is 39.8 Å². The molecule has 2 saturated heterocycles. The number of anilines is 2. The molecule has 2 atom stereocenters. The molecule has 3 aromatic carbocycles. The number of methoxy groups -OCH3 is 1. The first-order valence-electron chi connectivity index (χ1n) is 18.8. The molecule has 6 rings (SSSR count). The third kappa shape index (κ3) is 9.45. The van der Waals surface area contributed by atoms with Crippen molar-refractivity contribution in [2.75, 3.05) is 50.1 Å². The maximum absolute atomic E-state index is 13.5. The van der Waals surface area contributed by atoms with Gasteiger partial charge in [-0.1, -0.05) is 50.2 Å². The summed E-state index contributed by atoms with van der Waals surface area (Å²) in [6, 6.07) is 22.4. The molecule has 0 bridgehead atoms. The van der Waals surface area contributed by atoms with Gasteiger partial charge in [-0.3, -0.25) is 9.59 Å². The number of carbonyl (C=O) groups is 4. The van der Waals surface area contributed by atoms with Gasteiger partial charge in [0.05, 0.1) is 25.0 Å². The maximum Gasteiger partial charge on any atom is 0.410 e. The van der Waals surface area contributed by atoms with Crippen LogP contribution in [0.1, 0.15) is 69.7 Å². The van der Waals surface area contributed by atoms with Crippen LogP contribution in [-0.4, -0.2) is 95.2 Å². The minimum atomic E-state index is -0.690. The minimum Gasteiger partial charge on any atom is -0.453 e. The number of aromatic amines is 1. The average molecular weight is 750 g/mol. The van der Waals surface area contributed by atoms with E-state index in [4.69, 9.17) is 9.47 Å². The molecule has 3 heterocycles. The van der Waals surface area contributed by atoms with E-state index >= 15 is 0 Å². The number of benzene rings is 3. The van der Waals surface area contributed by atoms with Crippen LogP contribution in [0.5, 0.6) is 0 Å². The molecule has 55 heavy (non-hydrogen) atoms. The van der Waals surface area contributed by atoms with E-state index < -0.39 is 17.7 Å². The lowest BCUT2D eigenvalue weighted by atomic mass is 10.0. The van der Waals surface area contributed by atoms with Crippen molar-refractivity contribution in [2.24, 2.45) is 5.92 Å². The molecule has 2 unspecified atom stereocenters. The van der Waals surface area contributed by atoms with Gasteiger partial charge in [0.1, 0.15) is 17.5 Å². The molecular weight excluding hydrogens is 699 g/mol. The normalized spacial score (nSPS) is 16.5. The molecule has 3 N–H and O–H groups in total. The largest absolute Gasteiger partial charge is 0.453 e. The number of hydrogen-bond donors (Lipinski definition) is 3. The Bertz CT molecular complexity index is 1960. The highest BCUT2D eigenvalue weighted by molar-refractivity contribution is 6.04. The van der Waals surface area contributed by atoms with E-state index in [9.17, 15) is 19.2 Å². The van der Waals surface area contributed by atoms with Gasteiger partial charge in [-0.2, -0.15) is 0 Å². The first kappa shape index (κ1) is 38.9. The second kappa shape index (κ2) is 16.7. The molecule has 0 saturated carbocycles. The highest BCUT2D eigenvalue weighted by Gasteiger charge is 2.37. The molecule has 13 nitrogen and oxygen atoms in total. The van der Waals surface area contributed by atoms with Crippen molar-refractivity contribution in [3.05, 3.63) is 90.4 Å². The Morgan fingerprint density at radius 2 is 1.45 bits per heavy atom. The molecule has 2 aliphatic rings. The van der Waals surface area contributed by atoms with Crippen molar-refractivity contribution >= 4 is 35.4 Å². The van der Waals surface area contributed by atoms with Gasteiger partial charge in [0.25, 0.3) is 5.91 Å². The van der Waals surface area contributed by atoms with Crippen LogP contribution < -0.4 is 15.5 Å². The Labute approximate surface area is 322 Å². The fourth-order valence-electron chi connectivity index (χ4n) is 6.93. The minimum absolute atomic E-state index is 0.107. The fourth-order valence-corrected chi connectivity index (χ4v) is 6.93. The van der Waals surface area contributed by atoms with E-state index in [0.29, 0.717) is 49.8 Å². The van der Waals surface area contributed by atoms with E-state index in [2.05, 4.69) is 25.5 Å². The zero-order valence-corrected chi connectivity index (χ0v) is 32.4. The topological polar surface area (TPSA) is 149 Å². The molecule has 2 aliphatic heterocycles. The molecule has 13 heteroatoms. The van der Waals surface area contributed by atoms with Crippen molar-refractivity contribution in [2.45, 2.75) is 65.1 Å². The molecular formula is C42H51N7O6. The monoisotopic (exact) mass is 749 g/mol. The van der Waals surface area contributed by atoms with E-state index in [0.717, 1.165) is 40.9 Å². The molecule has 2 fully saturated rings. The van der Waals surface area contributed by atoms with E-state index in [-0.39, 0.29) is 29.9 Å². The summed E-state index contributed by atoms with van der Waals surface area (Å²) in [5.74, 6) is 0.264. The Balaban J connectivity index is 1.02. The number of aromatic nitrogens is 2. The maximum atomic E-state index is 13.5. The number of nitrogens with one attached hydrogen (secondary N) is 3. The van der Waals surface area contributed by atoms with E-state index in [1.165, 1.54) is 7.11 Å². The summed E-state index contributed by atoms with van der Waals surface area (Å²) in [6.45, 7) is 12.6. The Morgan fingerprint density at radius 3 is 2.05 bits per heavy atom. The second-order valence-electron chi connectivity index (χ2n) is 15.3. The highest BCUT2D eigenvalue weighted by Crippen LogP contribution is 2.33. The Kier molecular flexibility index (Phi) is 11.8. The van der Waals surface area contributed by atoms with Crippen molar-refractivity contribution in [3.63, 3.8) is 0 Å². The smallest absolute Gasteiger partial charge is 0.410 e. The van der Waals surface area contributed by atoms with Gasteiger partial charge in [0.15, 0.2) is 0 Å². The number of likely N-dealkylation sites (tertiary alicyclic amines) is 1. The van der Waals surface area contributed by atoms with Crippen LogP contribution in [0.15, 0.2) is 79.0 Å². The molecule has 1 aromatic heterocycles. The van der Waals surface area contributed by atoms with Crippen LogP contribution in [0.3, 0.4) is 0 Å². The van der Waals surface area contributed by atoms with Gasteiger partial charge in [-0.05, 0) is 92.6 Å². The van der Waals surface area contributed by atoms with Crippen molar-refractivity contribution in [3.8, 4) is 22.4 Å². The zero-order chi connectivity index (χ0) is 39.3. The zero-order valence-electron chi connectivity index (χ0n) is 32.4. The van der Waals surface area contributed by atoms with Crippen LogP contribution in [0, 0.1) is 5.92 Å². The van der Waals surface area contributed by atoms with Crippen LogP contribution in [-0.2, 0) is 14.3 Å². The lowest BCUT2D eigenvalue weighted by Gasteiger charge is -2.36. The van der Waals surface area contributed by atoms with Crippen LogP contribution in [0.25, 0.3) is 22.4 Å². The molecule has 0 aliphatic carbocycles. The molecule has 0 radical (unpaired) electrons. The number of rotatable bonds is 9. The number of alkyl carbamates (subject to hydrolysis) is 1. The van der Waals surface area contributed by atoms with E-state index in [1.54, 1.807) is 16.0 Å². The second-order valence-corrected chi connectivity index (χ2v) is 15.3. The van der Waals surface area contributed by atoms with Gasteiger partial charge in [0, 0.05) is 49.7 Å². The SMILES string of the molecule is COC(=O)NC(C(=O)N1CCCC1c1ncc(-c2ccc(-c3ccc(C(=O)Nc4ccc(N5CCN(C(=O)OC(C)(C)C)CC5)cc4)cc3)cc2)[nH]1)C(C)C. The molecule has 4 amide bonds. The lowest BCUT2D eigenvalue weighted by Crippen LogP contribution is -2.51. The van der Waals surface area contributed by atoms with Crippen molar-refractivity contribution in [1.82, 2.24) is 25.1 Å². The standard InChI is InChI=1S/C42H51N7O6/c1-27(2)36(46-40(52)54-6)39(51)49-21-7-8-35(49)37-43-26-34(45-37)30-13-9-28(10-14-30)29-11-15-31(16-12-29)38(50)44-32-17-19-33(20-18-32)47-22-24-48(25-23-47)41(53)55-42(3,4)5/h9-20,26-27,35-36H,7-8,21-25H2,1-6H3,(H,43,45)(H,44,50)(H,46,52). The van der Waals surface area contributed by atoms with E-state index in [1.807, 2.05) is 107 Å². The van der Waals surface area contributed by atoms with Crippen LogP contribution in [0.2, 0.25) is 0 Å². The number of H-pyrrole nitrogens is 1. The first-order chi connectivity index (χ1) is 26.3. The summed E-state index contributed by atoms with van der Waals surface area (Å²) in [5, 5.41) is 5.67. The third-order valence-electron chi connectivity index (χ3n) is 9.94. The highest BCUT2D eigenvalue weighted by atomic mass is 16.6. The van der Waals surface area contributed by atoms with Gasteiger partial charge in [-0.25, -0.2) is 14.6 Å². The summed E-state index contributed by atoms with van der Waals surface area (Å²) in [4.78, 5) is 64.7. The number of amides is 4. The number of piperazine rings is 1. The molecule has 290 valence electrons. The number of imidazole rings is 1. The Hall–Kier alpha value is -5.85. The van der Waals surface area contributed by atoms with Gasteiger partial charge in [0.2, 0.25) is 5.91 Å². The summed E-state index contributed by atoms with van der Waals surface area (Å²) < 4.78 is 10.2. The number of nitrogens with zero attached hydrogens (tertiary/aromatic N) is 4. The Morgan fingerprint density at radius 1 is 0.836 bits per heavy atom. The quantitative estimate of drug-likeness (QED) is 0.164. The third-order valence-corrected chi connectivity index (χ3v) is 9.94. The van der Waals surface area contributed by atoms with Crippen LogP contribution in [0.4, 0.5) is 21.0 Å². The summed E-state index contributed by atoms with van der Waals surface area (Å²) in [6.07, 6.45) is 2.49. The number of hydrogen-bond acceptors (Lipinski definition) is 8. The fraction of sp³-hybridized carbons (Fsp3) is 0.405. The van der Waals surface area contributed by atoms with Crippen molar-refractivity contribution < 1.29 is 28.7 Å². The van der Waals surface area contributed by atoms with Crippen molar-refractivity contribution in [1.29, 1.82) is 0 Å². The van der Waals surface area contributed by atoms with Gasteiger partial charge >= 0.3 is 12.2 Å². The molecule has 0 spiro atoms.